The van der Waals surface area contributed by atoms with E-state index in [0.717, 1.165) is 4.57 Å². The van der Waals surface area contributed by atoms with Crippen LogP contribution in [0.15, 0.2) is 47.4 Å². The number of esters is 1. The van der Waals surface area contributed by atoms with Crippen molar-refractivity contribution in [3.05, 3.63) is 53.1 Å². The number of anilines is 1. The molecule has 2 heterocycles. The smallest absolute Gasteiger partial charge is 0.459 e. The summed E-state index contributed by atoms with van der Waals surface area (Å²) in [5, 5.41) is 12.9. The highest BCUT2D eigenvalue weighted by atomic mass is 32.2. The molecule has 0 aliphatic carbocycles. The maximum absolute atomic E-state index is 14.0. The fourth-order valence-corrected chi connectivity index (χ4v) is 7.30. The molecule has 7 atom stereocenters. The third kappa shape index (κ3) is 9.13. The molecule has 0 saturated carbocycles. The van der Waals surface area contributed by atoms with Crippen molar-refractivity contribution in [1.29, 1.82) is 5.26 Å². The van der Waals surface area contributed by atoms with E-state index in [4.69, 9.17) is 32.3 Å². The molecule has 18 heteroatoms. The Kier molecular flexibility index (Phi) is 12.6. The first-order chi connectivity index (χ1) is 20.7. The van der Waals surface area contributed by atoms with E-state index in [9.17, 15) is 24.2 Å². The van der Waals surface area contributed by atoms with Gasteiger partial charge in [0.25, 0.3) is 0 Å². The monoisotopic (exact) mass is 671 g/mol. The van der Waals surface area contributed by atoms with Crippen LogP contribution in [0, 0.1) is 16.7 Å². The van der Waals surface area contributed by atoms with Gasteiger partial charge >= 0.3 is 28.7 Å². The molecule has 0 amide bonds. The Morgan fingerprint density at radius 2 is 1.98 bits per heavy atom. The molecule has 3 unspecified atom stereocenters. The number of benzene rings is 1. The summed E-state index contributed by atoms with van der Waals surface area (Å²) in [6, 6.07) is 10.6. The molecule has 1 fully saturated rings. The Morgan fingerprint density at radius 1 is 1.30 bits per heavy atom. The summed E-state index contributed by atoms with van der Waals surface area (Å²) in [6.45, 7) is 9.37. The number of nitriles is 1. The zero-order valence-electron chi connectivity index (χ0n) is 25.2. The van der Waals surface area contributed by atoms with Crippen LogP contribution in [0.2, 0.25) is 5.54 Å². The maximum atomic E-state index is 14.0. The average Bonchev–Trinajstić information content (AvgIpc) is 3.23. The van der Waals surface area contributed by atoms with E-state index >= 15 is 0 Å². The SMILES string of the molecule is CC(C)OC(=O)[C@H](C)NP(=O)(OC[C@H]1OC(n2ccc(N)nc2=O)[C@](C)(C#N)[C@@H]1OSO[SiH](O)C(C)C)Oc1ccccc1. The van der Waals surface area contributed by atoms with Gasteiger partial charge in [-0.25, -0.2) is 9.36 Å². The quantitative estimate of drug-likeness (QED) is 0.108. The highest BCUT2D eigenvalue weighted by Gasteiger charge is 2.57. The van der Waals surface area contributed by atoms with Gasteiger partial charge in [0.15, 0.2) is 6.23 Å². The number of nitrogens with two attached hydrogens (primary N) is 1. The normalized spacial score (nSPS) is 24.4. The number of nitrogens with one attached hydrogen (secondary N) is 1. The first-order valence-corrected chi connectivity index (χ1v) is 17.6. The Balaban J connectivity index is 1.92. The molecule has 1 aliphatic heterocycles. The number of hydrogen-bond donors (Lipinski definition) is 3. The molecule has 15 nitrogen and oxygen atoms in total. The van der Waals surface area contributed by atoms with Crippen LogP contribution >= 0.6 is 20.1 Å². The fraction of sp³-hybridized carbons (Fsp3) is 0.538. The Bertz CT molecular complexity index is 1410. The number of nitrogens with zero attached hydrogens (tertiary/aromatic N) is 3. The zero-order chi connectivity index (χ0) is 32.7. The molecule has 0 radical (unpaired) electrons. The van der Waals surface area contributed by atoms with Gasteiger partial charge in [-0.2, -0.15) is 15.3 Å². The van der Waals surface area contributed by atoms with Crippen molar-refractivity contribution in [2.75, 3.05) is 12.3 Å². The van der Waals surface area contributed by atoms with Crippen LogP contribution in [0.1, 0.15) is 47.8 Å². The highest BCUT2D eigenvalue weighted by molar-refractivity contribution is 7.90. The summed E-state index contributed by atoms with van der Waals surface area (Å²) in [5.41, 5.74) is 3.19. The molecule has 44 heavy (non-hydrogen) atoms. The molecule has 1 aliphatic rings. The van der Waals surface area contributed by atoms with Gasteiger partial charge in [-0.3, -0.25) is 18.1 Å². The lowest BCUT2D eigenvalue weighted by Crippen LogP contribution is -2.41. The molecular formula is C26H38N5O10PSSi. The van der Waals surface area contributed by atoms with Gasteiger partial charge in [-0.1, -0.05) is 32.0 Å². The minimum atomic E-state index is -4.32. The molecule has 0 bridgehead atoms. The fourth-order valence-electron chi connectivity index (χ4n) is 3.99. The van der Waals surface area contributed by atoms with Gasteiger partial charge in [-0.05, 0) is 51.4 Å². The van der Waals surface area contributed by atoms with E-state index in [0.29, 0.717) is 12.3 Å². The van der Waals surface area contributed by atoms with E-state index in [2.05, 4.69) is 16.1 Å². The first-order valence-electron chi connectivity index (χ1n) is 13.7. The molecule has 1 saturated heterocycles. The number of carbonyl (C=O) groups excluding carboxylic acids is 1. The zero-order valence-corrected chi connectivity index (χ0v) is 28.1. The third-order valence-corrected chi connectivity index (χ3v) is 10.5. The van der Waals surface area contributed by atoms with Crippen LogP contribution < -0.4 is 21.0 Å². The number of nitrogen functional groups attached to an aromatic ring is 1. The number of rotatable bonds is 15. The summed E-state index contributed by atoms with van der Waals surface area (Å²) >= 11 is 0.493. The van der Waals surface area contributed by atoms with Crippen LogP contribution in [0.5, 0.6) is 5.75 Å². The minimum absolute atomic E-state index is 0.0256. The molecule has 2 aromatic rings. The summed E-state index contributed by atoms with van der Waals surface area (Å²) in [7, 11) is -6.96. The van der Waals surface area contributed by atoms with Gasteiger partial charge in [0.05, 0.1) is 18.8 Å². The molecule has 4 N–H and O–H groups in total. The number of ether oxygens (including phenoxy) is 2. The molecule has 242 valence electrons. The standard InChI is InChI=1S/C26H38N5O10PSSi/c1-16(2)37-23(32)18(5)30-42(34,39-19-10-8-7-9-11-19)36-14-20-22(40-43-41-44(35)17(3)4)26(6,15-27)24(38-20)31-13-12-21(28)29-25(31)33/h7-13,16-18,20,22,24,35,44H,14H2,1-6H3,(H,30,34)(H2,28,29,33)/t18-,20+,22+,24?,26+,42?,44?/m0/s1. The minimum Gasteiger partial charge on any atom is -0.462 e. The first kappa shape index (κ1) is 35.7. The molecular weight excluding hydrogens is 633 g/mol. The lowest BCUT2D eigenvalue weighted by atomic mass is 9.84. The third-order valence-electron chi connectivity index (χ3n) is 6.38. The number of aromatic nitrogens is 2. The van der Waals surface area contributed by atoms with Crippen molar-refractivity contribution in [2.24, 2.45) is 5.41 Å². The van der Waals surface area contributed by atoms with Gasteiger partial charge in [0.2, 0.25) is 0 Å². The second-order valence-corrected chi connectivity index (χ2v) is 15.7. The molecule has 1 aromatic heterocycles. The maximum Gasteiger partial charge on any atom is 0.459 e. The largest absolute Gasteiger partial charge is 0.462 e. The second kappa shape index (κ2) is 15.5. The van der Waals surface area contributed by atoms with Crippen LogP contribution in [0.4, 0.5) is 5.82 Å². The Morgan fingerprint density at radius 3 is 2.57 bits per heavy atom. The Labute approximate surface area is 261 Å². The van der Waals surface area contributed by atoms with Crippen LogP contribution in [0.3, 0.4) is 0 Å². The molecule has 0 spiro atoms. The predicted molar refractivity (Wildman–Crippen MR) is 163 cm³/mol. The van der Waals surface area contributed by atoms with Crippen molar-refractivity contribution in [3.63, 3.8) is 0 Å². The van der Waals surface area contributed by atoms with Crippen molar-refractivity contribution in [1.82, 2.24) is 14.6 Å². The lowest BCUT2D eigenvalue weighted by molar-refractivity contribution is -0.149. The van der Waals surface area contributed by atoms with Gasteiger partial charge in [0.1, 0.15) is 47.6 Å². The van der Waals surface area contributed by atoms with E-state index < -0.39 is 71.3 Å². The summed E-state index contributed by atoms with van der Waals surface area (Å²) in [4.78, 5) is 39.2. The van der Waals surface area contributed by atoms with Crippen molar-refractivity contribution in [2.45, 2.75) is 77.7 Å². The topological polar surface area (TPSA) is 206 Å². The van der Waals surface area contributed by atoms with Gasteiger partial charge in [-0.15, -0.1) is 0 Å². The van der Waals surface area contributed by atoms with E-state index in [1.54, 1.807) is 58.0 Å². The molecule has 1 aromatic carbocycles. The summed E-state index contributed by atoms with van der Waals surface area (Å²) in [6.07, 6.45) is -2.64. The number of para-hydroxylation sites is 1. The van der Waals surface area contributed by atoms with Crippen molar-refractivity contribution >= 4 is 41.1 Å². The number of hydrogen-bond acceptors (Lipinski definition) is 14. The van der Waals surface area contributed by atoms with Crippen LogP contribution in [0.25, 0.3) is 0 Å². The summed E-state index contributed by atoms with van der Waals surface area (Å²) in [5.74, 6) is -0.529. The van der Waals surface area contributed by atoms with Crippen molar-refractivity contribution in [3.8, 4) is 11.8 Å². The van der Waals surface area contributed by atoms with Crippen LogP contribution in [-0.2, 0) is 31.4 Å². The van der Waals surface area contributed by atoms with E-state index in [1.807, 2.05) is 0 Å². The van der Waals surface area contributed by atoms with Gasteiger partial charge in [0, 0.05) is 6.20 Å². The van der Waals surface area contributed by atoms with E-state index in [1.165, 1.54) is 26.1 Å². The Hall–Kier alpha value is -2.78. The summed E-state index contributed by atoms with van der Waals surface area (Å²) < 4.78 is 49.2. The van der Waals surface area contributed by atoms with Gasteiger partial charge < -0.3 is 28.4 Å². The average molecular weight is 672 g/mol. The molecule has 3 rings (SSSR count). The van der Waals surface area contributed by atoms with Crippen molar-refractivity contribution < 1.29 is 40.7 Å². The predicted octanol–water partition coefficient (Wildman–Crippen LogP) is 2.97. The lowest BCUT2D eigenvalue weighted by Gasteiger charge is -2.28. The highest BCUT2D eigenvalue weighted by Crippen LogP contribution is 2.50. The van der Waals surface area contributed by atoms with E-state index in [-0.39, 0.29) is 17.1 Å². The second-order valence-electron chi connectivity index (χ2n) is 10.8. The number of carbonyl (C=O) groups is 1. The van der Waals surface area contributed by atoms with Crippen LogP contribution in [-0.4, -0.2) is 60.6 Å².